The van der Waals surface area contributed by atoms with E-state index in [2.05, 4.69) is 0 Å². The molecule has 0 bridgehead atoms. The van der Waals surface area contributed by atoms with Crippen LogP contribution in [0.25, 0.3) is 11.1 Å². The minimum atomic E-state index is -1.27. The first-order valence-corrected chi connectivity index (χ1v) is 12.3. The van der Waals surface area contributed by atoms with Crippen LogP contribution < -0.4 is 4.74 Å². The molecule has 0 heterocycles. The number of esters is 1. The molecule has 0 aliphatic carbocycles. The number of aliphatic hydroxyl groups is 1. The fraction of sp³-hybridized carbons (Fsp3) is 0.219. The van der Waals surface area contributed by atoms with Crippen LogP contribution >= 0.6 is 0 Å². The third-order valence-electron chi connectivity index (χ3n) is 5.87. The molecule has 1 N–H and O–H groups in total. The number of hydrogen-bond donors (Lipinski definition) is 1. The Balaban J connectivity index is 1.35. The van der Waals surface area contributed by atoms with E-state index in [-0.39, 0.29) is 6.61 Å². The van der Waals surface area contributed by atoms with Crippen molar-refractivity contribution in [2.24, 2.45) is 0 Å². The van der Waals surface area contributed by atoms with Gasteiger partial charge in [0.25, 0.3) is 0 Å². The van der Waals surface area contributed by atoms with Gasteiger partial charge in [0.15, 0.2) is 6.10 Å². The van der Waals surface area contributed by atoms with Crippen LogP contribution in [-0.2, 0) is 27.5 Å². The summed E-state index contributed by atoms with van der Waals surface area (Å²) in [7, 11) is 0. The molecule has 0 fully saturated rings. The van der Waals surface area contributed by atoms with Crippen LogP contribution in [0.5, 0.6) is 5.75 Å². The first-order chi connectivity index (χ1) is 17.9. The van der Waals surface area contributed by atoms with E-state index in [1.165, 1.54) is 0 Å². The summed E-state index contributed by atoms with van der Waals surface area (Å²) in [5.41, 5.74) is 3.56. The van der Waals surface area contributed by atoms with Crippen molar-refractivity contribution in [3.8, 4) is 16.9 Å². The number of carbonyl (C=O) groups is 1. The van der Waals surface area contributed by atoms with Crippen molar-refractivity contribution in [3.05, 3.63) is 126 Å². The Morgan fingerprint density at radius 2 is 1.24 bits per heavy atom. The summed E-state index contributed by atoms with van der Waals surface area (Å²) in [5, 5.41) is 10.7. The van der Waals surface area contributed by atoms with E-state index in [1.54, 1.807) is 13.8 Å². The minimum Gasteiger partial charge on any atom is -0.489 e. The van der Waals surface area contributed by atoms with E-state index in [0.29, 0.717) is 18.8 Å². The zero-order valence-corrected chi connectivity index (χ0v) is 21.2. The fourth-order valence-electron chi connectivity index (χ4n) is 3.95. The Morgan fingerprint density at radius 3 is 1.78 bits per heavy atom. The Morgan fingerprint density at radius 1 is 0.730 bits per heavy atom. The molecule has 0 aliphatic heterocycles. The molecule has 4 rings (SSSR count). The molecule has 5 nitrogen and oxygen atoms in total. The van der Waals surface area contributed by atoms with Crippen LogP contribution in [0.3, 0.4) is 0 Å². The van der Waals surface area contributed by atoms with Gasteiger partial charge in [-0.1, -0.05) is 97.1 Å². The molecule has 1 unspecified atom stereocenters. The predicted molar refractivity (Wildman–Crippen MR) is 144 cm³/mol. The van der Waals surface area contributed by atoms with Crippen molar-refractivity contribution in [2.75, 3.05) is 6.61 Å². The quantitative estimate of drug-likeness (QED) is 0.240. The molecule has 0 aliphatic rings. The van der Waals surface area contributed by atoms with Gasteiger partial charge in [0.05, 0.1) is 6.61 Å². The van der Waals surface area contributed by atoms with Crippen LogP contribution in [0.1, 0.15) is 36.6 Å². The van der Waals surface area contributed by atoms with Crippen molar-refractivity contribution in [1.82, 2.24) is 0 Å². The van der Waals surface area contributed by atoms with E-state index in [9.17, 15) is 9.90 Å². The average molecular weight is 497 g/mol. The van der Waals surface area contributed by atoms with Crippen molar-refractivity contribution in [2.45, 2.75) is 38.8 Å². The molecule has 190 valence electrons. The van der Waals surface area contributed by atoms with E-state index >= 15 is 0 Å². The molecular formula is C32H32O5. The minimum absolute atomic E-state index is 0.196. The van der Waals surface area contributed by atoms with E-state index in [4.69, 9.17) is 14.2 Å². The van der Waals surface area contributed by atoms with Crippen LogP contribution in [0.2, 0.25) is 0 Å². The standard InChI is InChI=1S/C32H32O5/c1-32(2,34)31(37-30(33)23-35-21-24-9-5-3-6-10-24)28-15-13-26(14-16-28)27-17-19-29(20-18-27)36-22-25-11-7-4-8-12-25/h3-20,31,34H,21-23H2,1-2H3. The summed E-state index contributed by atoms with van der Waals surface area (Å²) in [6, 6.07) is 35.2. The Bertz CT molecular complexity index is 1240. The highest BCUT2D eigenvalue weighted by molar-refractivity contribution is 5.71. The number of ether oxygens (including phenoxy) is 3. The summed E-state index contributed by atoms with van der Waals surface area (Å²) >= 11 is 0. The molecule has 5 heteroatoms. The van der Waals surface area contributed by atoms with Gasteiger partial charge >= 0.3 is 5.97 Å². The second kappa shape index (κ2) is 12.3. The topological polar surface area (TPSA) is 65.0 Å². The lowest BCUT2D eigenvalue weighted by Gasteiger charge is -2.29. The van der Waals surface area contributed by atoms with Gasteiger partial charge in [-0.15, -0.1) is 0 Å². The van der Waals surface area contributed by atoms with Crippen LogP contribution in [0.15, 0.2) is 109 Å². The van der Waals surface area contributed by atoms with Gasteiger partial charge in [-0.3, -0.25) is 0 Å². The lowest BCUT2D eigenvalue weighted by molar-refractivity contribution is -0.168. The van der Waals surface area contributed by atoms with Gasteiger partial charge in [0.2, 0.25) is 0 Å². The van der Waals surface area contributed by atoms with Crippen LogP contribution in [0, 0.1) is 0 Å². The van der Waals surface area contributed by atoms with Crippen molar-refractivity contribution in [1.29, 1.82) is 0 Å². The first-order valence-electron chi connectivity index (χ1n) is 12.3. The smallest absolute Gasteiger partial charge is 0.332 e. The Kier molecular flexibility index (Phi) is 8.72. The van der Waals surface area contributed by atoms with Gasteiger partial charge in [-0.05, 0) is 53.8 Å². The normalized spacial score (nSPS) is 12.1. The molecule has 4 aromatic carbocycles. The number of hydrogen-bond acceptors (Lipinski definition) is 5. The lowest BCUT2D eigenvalue weighted by Crippen LogP contribution is -2.33. The van der Waals surface area contributed by atoms with Gasteiger partial charge in [-0.25, -0.2) is 4.79 Å². The SMILES string of the molecule is CC(C)(O)C(OC(=O)COCc1ccccc1)c1ccc(-c2ccc(OCc3ccccc3)cc2)cc1. The highest BCUT2D eigenvalue weighted by Crippen LogP contribution is 2.32. The molecule has 4 aromatic rings. The van der Waals surface area contributed by atoms with E-state index in [1.807, 2.05) is 109 Å². The molecule has 0 spiro atoms. The summed E-state index contributed by atoms with van der Waals surface area (Å²) in [6.07, 6.45) is -0.830. The van der Waals surface area contributed by atoms with Crippen LogP contribution in [0.4, 0.5) is 0 Å². The van der Waals surface area contributed by atoms with Crippen LogP contribution in [-0.4, -0.2) is 23.3 Å². The second-order valence-electron chi connectivity index (χ2n) is 9.42. The molecule has 0 saturated carbocycles. The Hall–Kier alpha value is -3.93. The molecule has 0 amide bonds. The maximum Gasteiger partial charge on any atom is 0.332 e. The third kappa shape index (κ3) is 7.78. The highest BCUT2D eigenvalue weighted by Gasteiger charge is 2.32. The van der Waals surface area contributed by atoms with E-state index < -0.39 is 17.7 Å². The van der Waals surface area contributed by atoms with E-state index in [0.717, 1.165) is 28.0 Å². The largest absolute Gasteiger partial charge is 0.489 e. The van der Waals surface area contributed by atoms with Crippen molar-refractivity contribution >= 4 is 5.97 Å². The molecular weight excluding hydrogens is 464 g/mol. The molecule has 1 atom stereocenters. The van der Waals surface area contributed by atoms with Gasteiger partial charge in [0, 0.05) is 0 Å². The average Bonchev–Trinajstić information content (AvgIpc) is 2.92. The highest BCUT2D eigenvalue weighted by atomic mass is 16.6. The maximum absolute atomic E-state index is 12.5. The Labute approximate surface area is 218 Å². The fourth-order valence-corrected chi connectivity index (χ4v) is 3.95. The van der Waals surface area contributed by atoms with Crippen molar-refractivity contribution in [3.63, 3.8) is 0 Å². The molecule has 0 radical (unpaired) electrons. The summed E-state index contributed by atoms with van der Waals surface area (Å²) in [4.78, 5) is 12.5. The third-order valence-corrected chi connectivity index (χ3v) is 5.87. The van der Waals surface area contributed by atoms with Crippen molar-refractivity contribution < 1.29 is 24.1 Å². The zero-order chi connectivity index (χ0) is 26.1. The number of benzene rings is 4. The number of carbonyl (C=O) groups excluding carboxylic acids is 1. The number of rotatable bonds is 11. The second-order valence-corrected chi connectivity index (χ2v) is 9.42. The van der Waals surface area contributed by atoms with Gasteiger partial charge in [-0.2, -0.15) is 0 Å². The molecule has 0 saturated heterocycles. The predicted octanol–water partition coefficient (Wildman–Crippen LogP) is 6.50. The maximum atomic E-state index is 12.5. The zero-order valence-electron chi connectivity index (χ0n) is 21.2. The summed E-state index contributed by atoms with van der Waals surface area (Å²) < 4.78 is 17.0. The van der Waals surface area contributed by atoms with Gasteiger partial charge < -0.3 is 19.3 Å². The monoisotopic (exact) mass is 496 g/mol. The molecule has 37 heavy (non-hydrogen) atoms. The molecule has 0 aromatic heterocycles. The summed E-state index contributed by atoms with van der Waals surface area (Å²) in [5.74, 6) is 0.269. The first kappa shape index (κ1) is 26.1. The van der Waals surface area contributed by atoms with Gasteiger partial charge in [0.1, 0.15) is 24.6 Å². The summed E-state index contributed by atoms with van der Waals surface area (Å²) in [6.45, 7) is 3.88. The lowest BCUT2D eigenvalue weighted by atomic mass is 9.93.